The minimum Gasteiger partial charge on any atom is -0.309 e. The summed E-state index contributed by atoms with van der Waals surface area (Å²) in [7, 11) is 3.97. The Balaban J connectivity index is 2.40. The number of likely N-dealkylation sites (tertiary alicyclic amines) is 1. The first-order valence-corrected chi connectivity index (χ1v) is 4.05. The lowest BCUT2D eigenvalue weighted by atomic mass is 10.1. The van der Waals surface area contributed by atoms with Crippen LogP contribution >= 0.6 is 0 Å². The van der Waals surface area contributed by atoms with Crippen molar-refractivity contribution < 1.29 is 0 Å². The van der Waals surface area contributed by atoms with Gasteiger partial charge in [0.05, 0.1) is 6.04 Å². The van der Waals surface area contributed by atoms with Gasteiger partial charge in [-0.05, 0) is 26.4 Å². The molecule has 1 saturated heterocycles. The number of piperidine rings is 1. The van der Waals surface area contributed by atoms with E-state index in [1.807, 2.05) is 7.05 Å². The van der Waals surface area contributed by atoms with E-state index in [2.05, 4.69) is 18.1 Å². The van der Waals surface area contributed by atoms with Crippen LogP contribution in [0.1, 0.15) is 12.8 Å². The van der Waals surface area contributed by atoms with Gasteiger partial charge in [0.15, 0.2) is 6.19 Å². The lowest BCUT2D eigenvalue weighted by Gasteiger charge is -2.32. The van der Waals surface area contributed by atoms with E-state index >= 15 is 0 Å². The molecule has 11 heavy (non-hydrogen) atoms. The molecule has 3 heteroatoms. The van der Waals surface area contributed by atoms with Gasteiger partial charge in [-0.1, -0.05) is 0 Å². The highest BCUT2D eigenvalue weighted by Gasteiger charge is 2.19. The molecule has 0 amide bonds. The largest absolute Gasteiger partial charge is 0.309 e. The van der Waals surface area contributed by atoms with Gasteiger partial charge in [-0.2, -0.15) is 5.26 Å². The second kappa shape index (κ2) is 3.59. The van der Waals surface area contributed by atoms with Crippen LogP contribution in [-0.2, 0) is 0 Å². The van der Waals surface area contributed by atoms with E-state index < -0.39 is 0 Å². The van der Waals surface area contributed by atoms with Gasteiger partial charge >= 0.3 is 0 Å². The Labute approximate surface area is 68.2 Å². The van der Waals surface area contributed by atoms with Crippen LogP contribution < -0.4 is 0 Å². The van der Waals surface area contributed by atoms with E-state index in [9.17, 15) is 0 Å². The molecule has 0 aliphatic carbocycles. The predicted octanol–water partition coefficient (Wildman–Crippen LogP) is 0.493. The fourth-order valence-corrected chi connectivity index (χ4v) is 1.54. The number of rotatable bonds is 1. The third-order valence-electron chi connectivity index (χ3n) is 2.31. The molecule has 1 aliphatic rings. The van der Waals surface area contributed by atoms with Crippen LogP contribution in [-0.4, -0.2) is 43.0 Å². The first kappa shape index (κ1) is 8.35. The molecule has 0 aromatic heterocycles. The van der Waals surface area contributed by atoms with Gasteiger partial charge in [0.1, 0.15) is 0 Å². The van der Waals surface area contributed by atoms with Crippen molar-refractivity contribution >= 4 is 0 Å². The summed E-state index contributed by atoms with van der Waals surface area (Å²) in [5.74, 6) is 0. The molecule has 0 aromatic carbocycles. The van der Waals surface area contributed by atoms with Gasteiger partial charge in [0.2, 0.25) is 0 Å². The number of likely N-dealkylation sites (N-methyl/N-ethyl adjacent to an activating group) is 2. The van der Waals surface area contributed by atoms with Crippen molar-refractivity contribution in [3.05, 3.63) is 0 Å². The Kier molecular flexibility index (Phi) is 2.72. The molecule has 1 unspecified atom stereocenters. The molecule has 0 radical (unpaired) electrons. The predicted molar refractivity (Wildman–Crippen MR) is 43.9 cm³/mol. The molecule has 0 saturated carbocycles. The molecule has 0 N–H and O–H groups in total. The fraction of sp³-hybridized carbons (Fsp3) is 0.875. The first-order chi connectivity index (χ1) is 5.24. The van der Waals surface area contributed by atoms with Gasteiger partial charge < -0.3 is 9.80 Å². The standard InChI is InChI=1S/C8H15N3/c1-10-5-3-4-8(6-10)11(2)7-9/h8H,3-6H2,1-2H3. The van der Waals surface area contributed by atoms with E-state index in [0.717, 1.165) is 13.0 Å². The van der Waals surface area contributed by atoms with Crippen molar-refractivity contribution in [3.63, 3.8) is 0 Å². The smallest absolute Gasteiger partial charge is 0.179 e. The zero-order valence-corrected chi connectivity index (χ0v) is 7.25. The second-order valence-electron chi connectivity index (χ2n) is 3.27. The van der Waals surface area contributed by atoms with Crippen molar-refractivity contribution in [2.24, 2.45) is 0 Å². The van der Waals surface area contributed by atoms with Gasteiger partial charge in [0.25, 0.3) is 0 Å². The highest BCUT2D eigenvalue weighted by atomic mass is 15.2. The molecule has 1 rings (SSSR count). The molecule has 1 heterocycles. The molecular formula is C8H15N3. The SMILES string of the molecule is CN1CCCC(N(C)C#N)C1. The topological polar surface area (TPSA) is 30.3 Å². The molecule has 0 bridgehead atoms. The fourth-order valence-electron chi connectivity index (χ4n) is 1.54. The molecule has 1 fully saturated rings. The summed E-state index contributed by atoms with van der Waals surface area (Å²) in [6.45, 7) is 2.21. The van der Waals surface area contributed by atoms with Gasteiger partial charge in [0, 0.05) is 13.6 Å². The Bertz CT molecular complexity index is 161. The van der Waals surface area contributed by atoms with Crippen LogP contribution in [0, 0.1) is 11.5 Å². The van der Waals surface area contributed by atoms with Crippen molar-refractivity contribution in [1.82, 2.24) is 9.80 Å². The maximum absolute atomic E-state index is 8.63. The average Bonchev–Trinajstić information content (AvgIpc) is 2.03. The Morgan fingerprint density at radius 3 is 2.91 bits per heavy atom. The molecule has 0 aromatic rings. The molecule has 62 valence electrons. The van der Waals surface area contributed by atoms with Crippen LogP contribution in [0.3, 0.4) is 0 Å². The quantitative estimate of drug-likeness (QED) is 0.406. The van der Waals surface area contributed by atoms with E-state index in [4.69, 9.17) is 5.26 Å². The van der Waals surface area contributed by atoms with Crippen LogP contribution in [0.2, 0.25) is 0 Å². The van der Waals surface area contributed by atoms with Crippen molar-refractivity contribution in [1.29, 1.82) is 5.26 Å². The summed E-state index contributed by atoms with van der Waals surface area (Å²) >= 11 is 0. The number of nitriles is 1. The number of hydrogen-bond donors (Lipinski definition) is 0. The molecule has 0 spiro atoms. The lowest BCUT2D eigenvalue weighted by Crippen LogP contribution is -2.42. The van der Waals surface area contributed by atoms with Gasteiger partial charge in [-0.15, -0.1) is 0 Å². The van der Waals surface area contributed by atoms with E-state index in [-0.39, 0.29) is 0 Å². The summed E-state index contributed by atoms with van der Waals surface area (Å²) in [5, 5.41) is 8.63. The molecular weight excluding hydrogens is 138 g/mol. The summed E-state index contributed by atoms with van der Waals surface area (Å²) in [4.78, 5) is 4.04. The summed E-state index contributed by atoms with van der Waals surface area (Å²) in [6.07, 6.45) is 4.54. The Morgan fingerprint density at radius 1 is 1.64 bits per heavy atom. The normalized spacial score (nSPS) is 26.1. The highest BCUT2D eigenvalue weighted by Crippen LogP contribution is 2.11. The van der Waals surface area contributed by atoms with E-state index in [1.54, 1.807) is 4.90 Å². The van der Waals surface area contributed by atoms with Crippen molar-refractivity contribution in [2.75, 3.05) is 27.2 Å². The van der Waals surface area contributed by atoms with Crippen LogP contribution in [0.4, 0.5) is 0 Å². The Hall–Kier alpha value is -0.750. The molecule has 3 nitrogen and oxygen atoms in total. The van der Waals surface area contributed by atoms with E-state index in [0.29, 0.717) is 6.04 Å². The lowest BCUT2D eigenvalue weighted by molar-refractivity contribution is 0.174. The Morgan fingerprint density at radius 2 is 2.36 bits per heavy atom. The second-order valence-corrected chi connectivity index (χ2v) is 3.27. The molecule has 1 aliphatic heterocycles. The van der Waals surface area contributed by atoms with Crippen molar-refractivity contribution in [3.8, 4) is 6.19 Å². The maximum Gasteiger partial charge on any atom is 0.179 e. The minimum absolute atomic E-state index is 0.443. The third kappa shape index (κ3) is 2.09. The monoisotopic (exact) mass is 153 g/mol. The first-order valence-electron chi connectivity index (χ1n) is 4.05. The zero-order valence-electron chi connectivity index (χ0n) is 7.25. The minimum atomic E-state index is 0.443. The van der Waals surface area contributed by atoms with Gasteiger partial charge in [-0.25, -0.2) is 0 Å². The summed E-state index contributed by atoms with van der Waals surface area (Å²) in [5.41, 5.74) is 0. The third-order valence-corrected chi connectivity index (χ3v) is 2.31. The average molecular weight is 153 g/mol. The van der Waals surface area contributed by atoms with Crippen molar-refractivity contribution in [2.45, 2.75) is 18.9 Å². The zero-order chi connectivity index (χ0) is 8.27. The number of hydrogen-bond acceptors (Lipinski definition) is 3. The molecule has 1 atom stereocenters. The van der Waals surface area contributed by atoms with Crippen LogP contribution in [0.15, 0.2) is 0 Å². The van der Waals surface area contributed by atoms with Crippen LogP contribution in [0.25, 0.3) is 0 Å². The summed E-state index contributed by atoms with van der Waals surface area (Å²) in [6, 6.07) is 0.443. The number of nitrogens with zero attached hydrogens (tertiary/aromatic N) is 3. The maximum atomic E-state index is 8.63. The highest BCUT2D eigenvalue weighted by molar-refractivity contribution is 4.83. The van der Waals surface area contributed by atoms with Gasteiger partial charge in [-0.3, -0.25) is 0 Å². The van der Waals surface area contributed by atoms with Crippen LogP contribution in [0.5, 0.6) is 0 Å². The van der Waals surface area contributed by atoms with E-state index in [1.165, 1.54) is 13.0 Å². The summed E-state index contributed by atoms with van der Waals surface area (Å²) < 4.78 is 0.